The van der Waals surface area contributed by atoms with Crippen molar-refractivity contribution in [2.75, 3.05) is 18.5 Å². The third kappa shape index (κ3) is 8.03. The number of rotatable bonds is 12. The van der Waals surface area contributed by atoms with E-state index in [2.05, 4.69) is 20.9 Å². The second kappa shape index (κ2) is 14.5. The van der Waals surface area contributed by atoms with Crippen LogP contribution in [0.4, 0.5) is 5.69 Å². The zero-order valence-electron chi connectivity index (χ0n) is 23.0. The molecule has 6 unspecified atom stereocenters. The number of hydrogen-bond donors (Lipinski definition) is 9. The molecule has 2 heterocycles. The summed E-state index contributed by atoms with van der Waals surface area (Å²) in [7, 11) is 0. The van der Waals surface area contributed by atoms with Crippen molar-refractivity contribution in [1.82, 2.24) is 15.6 Å². The maximum atomic E-state index is 13.6. The Labute approximate surface area is 247 Å². The summed E-state index contributed by atoms with van der Waals surface area (Å²) in [4.78, 5) is 30.1. The number of nitrogens with zero attached hydrogens (tertiary/aromatic N) is 1. The third-order valence-electron chi connectivity index (χ3n) is 6.70. The van der Waals surface area contributed by atoms with Gasteiger partial charge in [-0.25, -0.2) is 0 Å². The van der Waals surface area contributed by atoms with Gasteiger partial charge in [0.25, 0.3) is 0 Å². The maximum absolute atomic E-state index is 13.6. The van der Waals surface area contributed by atoms with Gasteiger partial charge in [-0.15, -0.1) is 0 Å². The number of amidine groups is 1. The molecule has 228 valence electrons. The summed E-state index contributed by atoms with van der Waals surface area (Å²) in [5.74, 6) is -1.17. The summed E-state index contributed by atoms with van der Waals surface area (Å²) in [5.41, 5.74) is 7.52. The molecule has 6 atom stereocenters. The van der Waals surface area contributed by atoms with Crippen molar-refractivity contribution in [3.8, 4) is 5.75 Å². The molecule has 14 heteroatoms. The van der Waals surface area contributed by atoms with Crippen LogP contribution in [0.1, 0.15) is 22.7 Å². The summed E-state index contributed by atoms with van der Waals surface area (Å²) >= 11 is 0. The number of nitrogens with one attached hydrogen (secondary N) is 4. The fraction of sp³-hybridized carbons (Fsp3) is 0.310. The molecule has 14 nitrogen and oxygen atoms in total. The number of carbonyl (C=O) groups excluding carboxylic acids is 2. The minimum atomic E-state index is -1.68. The molecule has 4 rings (SSSR count). The van der Waals surface area contributed by atoms with Gasteiger partial charge in [0.1, 0.15) is 42.0 Å². The molecule has 43 heavy (non-hydrogen) atoms. The number of amides is 2. The predicted molar refractivity (Wildman–Crippen MR) is 154 cm³/mol. The Hall–Kier alpha value is -4.60. The highest BCUT2D eigenvalue weighted by Crippen LogP contribution is 2.32. The van der Waals surface area contributed by atoms with Crippen LogP contribution in [-0.2, 0) is 20.9 Å². The summed E-state index contributed by atoms with van der Waals surface area (Å²) in [6.07, 6.45) is -4.40. The van der Waals surface area contributed by atoms with Crippen LogP contribution < -0.4 is 26.4 Å². The smallest absolute Gasteiger partial charge is 0.247 e. The van der Waals surface area contributed by atoms with Crippen LogP contribution in [-0.4, -0.2) is 86.9 Å². The zero-order valence-corrected chi connectivity index (χ0v) is 23.0. The lowest BCUT2D eigenvalue weighted by atomic mass is 9.99. The number of carbonyl (C=O) groups is 2. The van der Waals surface area contributed by atoms with Gasteiger partial charge in [-0.1, -0.05) is 36.4 Å². The molecule has 1 aromatic heterocycles. The summed E-state index contributed by atoms with van der Waals surface area (Å²) in [6, 6.07) is 15.2. The molecule has 1 fully saturated rings. The number of hydrogen-bond acceptors (Lipinski definition) is 11. The number of ether oxygens (including phenoxy) is 2. The van der Waals surface area contributed by atoms with Crippen LogP contribution in [0.15, 0.2) is 73.1 Å². The topological polar surface area (TPSA) is 232 Å². The van der Waals surface area contributed by atoms with Gasteiger partial charge in [-0.2, -0.15) is 0 Å². The van der Waals surface area contributed by atoms with Gasteiger partial charge >= 0.3 is 0 Å². The van der Waals surface area contributed by atoms with E-state index in [1.54, 1.807) is 67.0 Å². The van der Waals surface area contributed by atoms with E-state index in [0.29, 0.717) is 11.3 Å². The molecule has 2 aromatic carbocycles. The zero-order chi connectivity index (χ0) is 30.9. The minimum absolute atomic E-state index is 0.0724. The average molecular weight is 595 g/mol. The number of aliphatic hydroxyl groups is 4. The predicted octanol–water partition coefficient (Wildman–Crippen LogP) is -0.870. The number of para-hydroxylation sites is 1. The van der Waals surface area contributed by atoms with Crippen molar-refractivity contribution in [2.45, 2.75) is 43.3 Å². The quantitative estimate of drug-likeness (QED) is 0.0924. The lowest BCUT2D eigenvalue weighted by Crippen LogP contribution is -2.60. The third-order valence-corrected chi connectivity index (χ3v) is 6.70. The highest BCUT2D eigenvalue weighted by atomic mass is 16.7. The van der Waals surface area contributed by atoms with Crippen LogP contribution in [0.25, 0.3) is 0 Å². The first kappa shape index (κ1) is 31.3. The fourth-order valence-corrected chi connectivity index (χ4v) is 4.38. The molecule has 10 N–H and O–H groups in total. The van der Waals surface area contributed by atoms with Gasteiger partial charge in [-0.05, 0) is 29.8 Å². The molecular weight excluding hydrogens is 560 g/mol. The monoisotopic (exact) mass is 594 g/mol. The largest absolute Gasteiger partial charge is 0.462 e. The Morgan fingerprint density at radius 2 is 1.81 bits per heavy atom. The lowest BCUT2D eigenvalue weighted by Gasteiger charge is -2.39. The summed E-state index contributed by atoms with van der Waals surface area (Å²) < 4.78 is 11.4. The first-order valence-corrected chi connectivity index (χ1v) is 13.4. The van der Waals surface area contributed by atoms with Crippen molar-refractivity contribution < 1.29 is 39.5 Å². The first-order chi connectivity index (χ1) is 20.7. The highest BCUT2D eigenvalue weighted by molar-refractivity contribution is 5.96. The van der Waals surface area contributed by atoms with E-state index in [9.17, 15) is 30.0 Å². The van der Waals surface area contributed by atoms with Gasteiger partial charge < -0.3 is 51.6 Å². The van der Waals surface area contributed by atoms with E-state index in [1.165, 1.54) is 6.07 Å². The molecule has 1 saturated heterocycles. The Bertz CT molecular complexity index is 1410. The number of aromatic nitrogens is 1. The Kier molecular flexibility index (Phi) is 10.6. The second-order valence-corrected chi connectivity index (χ2v) is 9.78. The molecule has 0 bridgehead atoms. The van der Waals surface area contributed by atoms with Crippen molar-refractivity contribution in [3.63, 3.8) is 0 Å². The van der Waals surface area contributed by atoms with Gasteiger partial charge in [0.15, 0.2) is 0 Å². The maximum Gasteiger partial charge on any atom is 0.247 e. The molecule has 0 radical (unpaired) electrons. The number of anilines is 1. The van der Waals surface area contributed by atoms with Crippen LogP contribution in [0.5, 0.6) is 5.75 Å². The van der Waals surface area contributed by atoms with Gasteiger partial charge in [-0.3, -0.25) is 20.0 Å². The molecule has 0 saturated carbocycles. The Morgan fingerprint density at radius 3 is 2.53 bits per heavy atom. The molecule has 2 amide bonds. The van der Waals surface area contributed by atoms with Crippen molar-refractivity contribution in [1.29, 1.82) is 5.41 Å². The van der Waals surface area contributed by atoms with Crippen molar-refractivity contribution in [3.05, 3.63) is 89.7 Å². The number of nitrogen functional groups attached to an aromatic ring is 1. The van der Waals surface area contributed by atoms with Gasteiger partial charge in [0, 0.05) is 35.8 Å². The van der Waals surface area contributed by atoms with E-state index in [4.69, 9.17) is 20.6 Å². The lowest BCUT2D eigenvalue weighted by molar-refractivity contribution is -0.277. The second-order valence-electron chi connectivity index (χ2n) is 9.78. The van der Waals surface area contributed by atoms with Crippen LogP contribution >= 0.6 is 0 Å². The Balaban J connectivity index is 1.56. The number of pyridine rings is 1. The van der Waals surface area contributed by atoms with Crippen molar-refractivity contribution in [2.24, 2.45) is 5.73 Å². The molecular formula is C29H34N6O8. The van der Waals surface area contributed by atoms with Gasteiger partial charge in [0.05, 0.1) is 13.2 Å². The SMILES string of the molecule is N=C(N)c1cccc(NC(C(=O)NCC(=O)NCc2cccnc2)c2ccccc2OC2OC(CO)C(O)C(O)C2O)c1. The molecule has 0 spiro atoms. The van der Waals surface area contributed by atoms with Crippen LogP contribution in [0.2, 0.25) is 0 Å². The van der Waals surface area contributed by atoms with Crippen molar-refractivity contribution >= 4 is 23.3 Å². The van der Waals surface area contributed by atoms with E-state index in [0.717, 1.165) is 5.56 Å². The first-order valence-electron chi connectivity index (χ1n) is 13.4. The molecule has 1 aliphatic rings. The molecule has 1 aliphatic heterocycles. The molecule has 3 aromatic rings. The van der Waals surface area contributed by atoms with E-state index >= 15 is 0 Å². The average Bonchev–Trinajstić information content (AvgIpc) is 3.02. The van der Waals surface area contributed by atoms with Crippen LogP contribution in [0, 0.1) is 5.41 Å². The molecule has 0 aliphatic carbocycles. The summed E-state index contributed by atoms with van der Waals surface area (Å²) in [6.45, 7) is -0.771. The highest BCUT2D eigenvalue weighted by Gasteiger charge is 2.45. The number of nitrogens with two attached hydrogens (primary N) is 1. The normalized spacial score (nSPS) is 22.2. The van der Waals surface area contributed by atoms with E-state index in [1.807, 2.05) is 0 Å². The number of benzene rings is 2. The fourth-order valence-electron chi connectivity index (χ4n) is 4.38. The van der Waals surface area contributed by atoms with Crippen LogP contribution in [0.3, 0.4) is 0 Å². The minimum Gasteiger partial charge on any atom is -0.462 e. The Morgan fingerprint density at radius 1 is 1.02 bits per heavy atom. The van der Waals surface area contributed by atoms with E-state index in [-0.39, 0.29) is 30.2 Å². The van der Waals surface area contributed by atoms with Gasteiger partial charge in [0.2, 0.25) is 18.1 Å². The van der Waals surface area contributed by atoms with E-state index < -0.39 is 55.2 Å². The number of aliphatic hydroxyl groups excluding tert-OH is 4. The summed E-state index contributed by atoms with van der Waals surface area (Å²) in [5, 5.41) is 56.5. The standard InChI is InChI=1S/C29H34N6O8/c30-27(31)17-6-3-7-18(11-17)35-23(28(41)34-14-22(37)33-13-16-5-4-10-32-12-16)19-8-1-2-9-20(19)42-29-26(40)25(39)24(38)21(15-36)43-29/h1-12,21,23-26,29,35-36,38-40H,13-15H2,(H3,30,31)(H,33,37)(H,34,41).